The van der Waals surface area contributed by atoms with Gasteiger partial charge in [-0.1, -0.05) is 17.7 Å². The van der Waals surface area contributed by atoms with Crippen LogP contribution >= 0.6 is 0 Å². The number of aliphatic hydroxyl groups is 1. The Morgan fingerprint density at radius 2 is 2.00 bits per heavy atom. The minimum Gasteiger partial charge on any atom is -0.385 e. The van der Waals surface area contributed by atoms with Gasteiger partial charge in [-0.2, -0.15) is 4.31 Å². The maximum absolute atomic E-state index is 12.8. The molecule has 0 bridgehead atoms. The molecule has 7 heteroatoms. The van der Waals surface area contributed by atoms with Crippen molar-refractivity contribution in [2.24, 2.45) is 13.0 Å². The van der Waals surface area contributed by atoms with E-state index in [1.165, 1.54) is 4.31 Å². The van der Waals surface area contributed by atoms with Crippen LogP contribution in [-0.2, 0) is 17.1 Å². The Morgan fingerprint density at radius 3 is 2.62 bits per heavy atom. The average Bonchev–Trinajstić information content (AvgIpc) is 3.01. The molecule has 1 aliphatic heterocycles. The van der Waals surface area contributed by atoms with E-state index in [1.807, 2.05) is 14.0 Å². The Hall–Kier alpha value is -1.70. The summed E-state index contributed by atoms with van der Waals surface area (Å²) in [5.41, 5.74) is 1.02. The number of aryl methyl sites for hydroxylation is 2. The highest BCUT2D eigenvalue weighted by Crippen LogP contribution is 2.31. The molecule has 1 aliphatic rings. The second-order valence-electron chi connectivity index (χ2n) is 6.42. The summed E-state index contributed by atoms with van der Waals surface area (Å²) in [5, 5.41) is 10.6. The molecular weight excluding hydrogens is 326 g/mol. The van der Waals surface area contributed by atoms with Gasteiger partial charge in [0.25, 0.3) is 0 Å². The monoisotopic (exact) mass is 349 g/mol. The Bertz CT molecular complexity index is 799. The van der Waals surface area contributed by atoms with Crippen LogP contribution < -0.4 is 0 Å². The molecule has 1 aromatic heterocycles. The molecule has 0 spiro atoms. The maximum Gasteiger partial charge on any atom is 0.243 e. The van der Waals surface area contributed by atoms with Crippen LogP contribution in [0.25, 0.3) is 0 Å². The summed E-state index contributed by atoms with van der Waals surface area (Å²) in [6.45, 7) is 2.72. The first-order chi connectivity index (χ1) is 11.4. The summed E-state index contributed by atoms with van der Waals surface area (Å²) in [6, 6.07) is 6.89. The molecule has 6 nitrogen and oxygen atoms in total. The smallest absolute Gasteiger partial charge is 0.243 e. The molecule has 2 aromatic rings. The van der Waals surface area contributed by atoms with Crippen LogP contribution in [-0.4, -0.2) is 40.5 Å². The van der Waals surface area contributed by atoms with Crippen molar-refractivity contribution in [1.29, 1.82) is 0 Å². The van der Waals surface area contributed by atoms with Crippen molar-refractivity contribution in [2.45, 2.75) is 30.8 Å². The summed E-state index contributed by atoms with van der Waals surface area (Å²) >= 11 is 0. The number of hydrogen-bond acceptors (Lipinski definition) is 4. The first kappa shape index (κ1) is 17.1. The lowest BCUT2D eigenvalue weighted by molar-refractivity contribution is 0.0645. The van der Waals surface area contributed by atoms with E-state index in [-0.39, 0.29) is 5.92 Å². The van der Waals surface area contributed by atoms with Gasteiger partial charge in [-0.05, 0) is 31.9 Å². The Labute approximate surface area is 142 Å². The van der Waals surface area contributed by atoms with E-state index < -0.39 is 16.1 Å². The highest BCUT2D eigenvalue weighted by atomic mass is 32.2. The van der Waals surface area contributed by atoms with Gasteiger partial charge in [0.2, 0.25) is 10.0 Å². The topological polar surface area (TPSA) is 75.4 Å². The summed E-state index contributed by atoms with van der Waals surface area (Å²) in [4.78, 5) is 4.50. The van der Waals surface area contributed by atoms with E-state index in [4.69, 9.17) is 0 Å². The highest BCUT2D eigenvalue weighted by Gasteiger charge is 2.34. The number of aromatic nitrogens is 2. The van der Waals surface area contributed by atoms with Crippen molar-refractivity contribution in [3.8, 4) is 0 Å². The van der Waals surface area contributed by atoms with Crippen molar-refractivity contribution in [3.05, 3.63) is 48.0 Å². The number of aliphatic hydroxyl groups excluding tert-OH is 1. The van der Waals surface area contributed by atoms with Gasteiger partial charge in [0, 0.05) is 38.4 Å². The van der Waals surface area contributed by atoms with Gasteiger partial charge in [-0.3, -0.25) is 0 Å². The van der Waals surface area contributed by atoms with Gasteiger partial charge in [0.05, 0.1) is 4.90 Å². The van der Waals surface area contributed by atoms with Crippen LogP contribution in [0.5, 0.6) is 0 Å². The van der Waals surface area contributed by atoms with E-state index in [2.05, 4.69) is 4.98 Å². The molecule has 0 saturated carbocycles. The highest BCUT2D eigenvalue weighted by molar-refractivity contribution is 7.89. The molecule has 2 heterocycles. The molecular formula is C17H23N3O3S. The van der Waals surface area contributed by atoms with Crippen molar-refractivity contribution >= 4 is 10.0 Å². The Kier molecular flexibility index (Phi) is 4.76. The Morgan fingerprint density at radius 1 is 1.29 bits per heavy atom. The molecule has 0 amide bonds. The van der Waals surface area contributed by atoms with E-state index in [1.54, 1.807) is 41.2 Å². The van der Waals surface area contributed by atoms with Gasteiger partial charge in [-0.15, -0.1) is 0 Å². The van der Waals surface area contributed by atoms with E-state index >= 15 is 0 Å². The van der Waals surface area contributed by atoms with Gasteiger partial charge in [0.15, 0.2) is 0 Å². The van der Waals surface area contributed by atoms with Gasteiger partial charge in [0.1, 0.15) is 11.9 Å². The third-order valence-corrected chi connectivity index (χ3v) is 6.53. The van der Waals surface area contributed by atoms with Crippen molar-refractivity contribution in [1.82, 2.24) is 13.9 Å². The zero-order chi connectivity index (χ0) is 17.3. The molecule has 1 N–H and O–H groups in total. The summed E-state index contributed by atoms with van der Waals surface area (Å²) in [7, 11) is -1.70. The van der Waals surface area contributed by atoms with Gasteiger partial charge in [-0.25, -0.2) is 13.4 Å². The van der Waals surface area contributed by atoms with Crippen LogP contribution in [0, 0.1) is 12.8 Å². The molecule has 24 heavy (non-hydrogen) atoms. The molecule has 1 fully saturated rings. The predicted octanol–water partition coefficient (Wildman–Crippen LogP) is 1.86. The van der Waals surface area contributed by atoms with E-state index in [0.29, 0.717) is 23.8 Å². The standard InChI is InChI=1S/C17H23N3O3S/c1-13-5-7-15(8-6-13)24(22,23)20-10-3-4-14(12-20)16(21)17-18-9-11-19(17)2/h5-9,11,14,16,21H,3-4,10,12H2,1-2H3/t14-,16-/m1/s1. The summed E-state index contributed by atoms with van der Waals surface area (Å²) in [5.74, 6) is 0.426. The number of nitrogens with zero attached hydrogens (tertiary/aromatic N) is 3. The quantitative estimate of drug-likeness (QED) is 0.914. The molecule has 1 saturated heterocycles. The van der Waals surface area contributed by atoms with Crippen molar-refractivity contribution in [2.75, 3.05) is 13.1 Å². The lowest BCUT2D eigenvalue weighted by Crippen LogP contribution is -2.41. The molecule has 0 aliphatic carbocycles. The number of rotatable bonds is 4. The van der Waals surface area contributed by atoms with Crippen LogP contribution in [0.1, 0.15) is 30.3 Å². The third-order valence-electron chi connectivity index (χ3n) is 4.65. The molecule has 2 atom stereocenters. The normalized spacial score (nSPS) is 20.9. The molecule has 130 valence electrons. The number of hydrogen-bond donors (Lipinski definition) is 1. The van der Waals surface area contributed by atoms with Gasteiger partial charge < -0.3 is 9.67 Å². The zero-order valence-corrected chi connectivity index (χ0v) is 14.8. The fraction of sp³-hybridized carbons (Fsp3) is 0.471. The molecule has 0 unspecified atom stereocenters. The van der Waals surface area contributed by atoms with Crippen LogP contribution in [0.15, 0.2) is 41.6 Å². The minimum atomic E-state index is -3.53. The molecule has 0 radical (unpaired) electrons. The lowest BCUT2D eigenvalue weighted by Gasteiger charge is -2.34. The largest absolute Gasteiger partial charge is 0.385 e. The Balaban J connectivity index is 1.80. The average molecular weight is 349 g/mol. The van der Waals surface area contributed by atoms with E-state index in [9.17, 15) is 13.5 Å². The molecule has 1 aromatic carbocycles. The minimum absolute atomic E-state index is 0.153. The van der Waals surface area contributed by atoms with Crippen molar-refractivity contribution in [3.63, 3.8) is 0 Å². The van der Waals surface area contributed by atoms with E-state index in [0.717, 1.165) is 18.4 Å². The van der Waals surface area contributed by atoms with Crippen LogP contribution in [0.4, 0.5) is 0 Å². The lowest BCUT2D eigenvalue weighted by atomic mass is 9.93. The first-order valence-electron chi connectivity index (χ1n) is 8.11. The van der Waals surface area contributed by atoms with Gasteiger partial charge >= 0.3 is 0 Å². The first-order valence-corrected chi connectivity index (χ1v) is 9.55. The number of benzene rings is 1. The second-order valence-corrected chi connectivity index (χ2v) is 8.36. The molecule has 3 rings (SSSR count). The van der Waals surface area contributed by atoms with Crippen molar-refractivity contribution < 1.29 is 13.5 Å². The second kappa shape index (κ2) is 6.66. The summed E-state index contributed by atoms with van der Waals surface area (Å²) in [6.07, 6.45) is 4.18. The SMILES string of the molecule is Cc1ccc(S(=O)(=O)N2CCC[C@@H]([C@@H](O)c3nccn3C)C2)cc1. The van der Waals surface area contributed by atoms with Crippen LogP contribution in [0.2, 0.25) is 0 Å². The number of piperidine rings is 1. The summed E-state index contributed by atoms with van der Waals surface area (Å²) < 4.78 is 28.9. The maximum atomic E-state index is 12.8. The fourth-order valence-corrected chi connectivity index (χ4v) is 4.72. The zero-order valence-electron chi connectivity index (χ0n) is 14.0. The fourth-order valence-electron chi connectivity index (χ4n) is 3.18. The van der Waals surface area contributed by atoms with Crippen LogP contribution in [0.3, 0.4) is 0 Å². The third kappa shape index (κ3) is 3.24. The predicted molar refractivity (Wildman–Crippen MR) is 90.8 cm³/mol. The number of imidazole rings is 1. The number of sulfonamides is 1.